The van der Waals surface area contributed by atoms with E-state index in [0.717, 1.165) is 17.5 Å². The molecule has 2 atom stereocenters. The van der Waals surface area contributed by atoms with Gasteiger partial charge in [-0.2, -0.15) is 0 Å². The molecule has 0 aromatic heterocycles. The van der Waals surface area contributed by atoms with Crippen LogP contribution < -0.4 is 0 Å². The van der Waals surface area contributed by atoms with Crippen molar-refractivity contribution in [3.05, 3.63) is 69.2 Å². The summed E-state index contributed by atoms with van der Waals surface area (Å²) in [5, 5.41) is 11.6. The summed E-state index contributed by atoms with van der Waals surface area (Å²) < 4.78 is 5.78. The molecule has 0 amide bonds. The normalized spacial score (nSPS) is 19.1. The number of hydrogen-bond donors (Lipinski definition) is 1. The first-order valence-electron chi connectivity index (χ1n) is 6.96. The Labute approximate surface area is 134 Å². The van der Waals surface area contributed by atoms with Gasteiger partial charge in [0.05, 0.1) is 22.8 Å². The van der Waals surface area contributed by atoms with Gasteiger partial charge in [0.2, 0.25) is 0 Å². The van der Waals surface area contributed by atoms with Crippen LogP contribution in [0.4, 0.5) is 0 Å². The van der Waals surface area contributed by atoms with Gasteiger partial charge in [0, 0.05) is 6.42 Å². The minimum absolute atomic E-state index is 0.288. The van der Waals surface area contributed by atoms with Crippen molar-refractivity contribution in [2.24, 2.45) is 0 Å². The molecule has 0 saturated carbocycles. The van der Waals surface area contributed by atoms with Crippen molar-refractivity contribution in [2.45, 2.75) is 25.0 Å². The summed E-state index contributed by atoms with van der Waals surface area (Å²) in [5.74, 6) is 0. The van der Waals surface area contributed by atoms with Gasteiger partial charge in [-0.1, -0.05) is 53.5 Å². The molecule has 1 aliphatic heterocycles. The van der Waals surface area contributed by atoms with E-state index in [1.807, 2.05) is 24.3 Å². The number of hydrogen-bond acceptors (Lipinski definition) is 2. The molecule has 0 spiro atoms. The number of rotatable bonds is 3. The average molecular weight is 323 g/mol. The maximum Gasteiger partial charge on any atom is 0.109 e. The molecule has 2 nitrogen and oxygen atoms in total. The number of aliphatic hydroxyl groups excluding tert-OH is 1. The summed E-state index contributed by atoms with van der Waals surface area (Å²) in [7, 11) is 0. The molecule has 0 saturated heterocycles. The fourth-order valence-corrected chi connectivity index (χ4v) is 3.08. The van der Waals surface area contributed by atoms with Gasteiger partial charge in [-0.05, 0) is 35.2 Å². The second-order valence-electron chi connectivity index (χ2n) is 5.26. The third-order valence-electron chi connectivity index (χ3n) is 3.81. The van der Waals surface area contributed by atoms with Gasteiger partial charge in [0.25, 0.3) is 0 Å². The summed E-state index contributed by atoms with van der Waals surface area (Å²) in [5.41, 5.74) is 3.28. The molecule has 2 aromatic carbocycles. The summed E-state index contributed by atoms with van der Waals surface area (Å²) in [6.45, 7) is 0.639. The maximum absolute atomic E-state index is 10.5. The van der Waals surface area contributed by atoms with Crippen molar-refractivity contribution in [3.8, 4) is 0 Å². The second kappa shape index (κ2) is 6.37. The highest BCUT2D eigenvalue weighted by molar-refractivity contribution is 6.42. The smallest absolute Gasteiger partial charge is 0.109 e. The minimum Gasteiger partial charge on any atom is -0.390 e. The first-order valence-corrected chi connectivity index (χ1v) is 7.72. The number of benzene rings is 2. The zero-order chi connectivity index (χ0) is 14.8. The summed E-state index contributed by atoms with van der Waals surface area (Å²) in [4.78, 5) is 0. The quantitative estimate of drug-likeness (QED) is 0.917. The van der Waals surface area contributed by atoms with E-state index in [4.69, 9.17) is 27.9 Å². The largest absolute Gasteiger partial charge is 0.390 e. The molecule has 0 radical (unpaired) electrons. The van der Waals surface area contributed by atoms with Crippen molar-refractivity contribution < 1.29 is 9.84 Å². The highest BCUT2D eigenvalue weighted by Crippen LogP contribution is 2.31. The highest BCUT2D eigenvalue weighted by atomic mass is 35.5. The van der Waals surface area contributed by atoms with Crippen molar-refractivity contribution in [2.75, 3.05) is 6.61 Å². The van der Waals surface area contributed by atoms with Gasteiger partial charge in [0.1, 0.15) is 6.10 Å². The summed E-state index contributed by atoms with van der Waals surface area (Å²) in [6, 6.07) is 13.5. The molecular formula is C17H16Cl2O2. The van der Waals surface area contributed by atoms with Crippen LogP contribution in [0.25, 0.3) is 0 Å². The van der Waals surface area contributed by atoms with Gasteiger partial charge in [-0.3, -0.25) is 0 Å². The summed E-state index contributed by atoms with van der Waals surface area (Å²) >= 11 is 11.9. The lowest BCUT2D eigenvalue weighted by Crippen LogP contribution is -2.28. The van der Waals surface area contributed by atoms with Crippen LogP contribution in [0.5, 0.6) is 0 Å². The van der Waals surface area contributed by atoms with Gasteiger partial charge in [-0.25, -0.2) is 0 Å². The van der Waals surface area contributed by atoms with E-state index in [1.165, 1.54) is 5.56 Å². The lowest BCUT2D eigenvalue weighted by Gasteiger charge is -2.29. The zero-order valence-electron chi connectivity index (χ0n) is 11.4. The van der Waals surface area contributed by atoms with Crippen LogP contribution in [0.2, 0.25) is 10.0 Å². The van der Waals surface area contributed by atoms with E-state index in [2.05, 4.69) is 6.07 Å². The molecule has 3 rings (SSSR count). The maximum atomic E-state index is 10.5. The first-order chi connectivity index (χ1) is 10.1. The highest BCUT2D eigenvalue weighted by Gasteiger charge is 2.27. The Morgan fingerprint density at radius 1 is 1.14 bits per heavy atom. The molecule has 0 aliphatic carbocycles. The van der Waals surface area contributed by atoms with E-state index in [1.54, 1.807) is 12.1 Å². The summed E-state index contributed by atoms with van der Waals surface area (Å²) in [6.07, 6.45) is 0.482. The van der Waals surface area contributed by atoms with E-state index < -0.39 is 6.10 Å². The van der Waals surface area contributed by atoms with Crippen molar-refractivity contribution in [1.82, 2.24) is 0 Å². The number of halogens is 2. The van der Waals surface area contributed by atoms with E-state index >= 15 is 0 Å². The number of aliphatic hydroxyl groups is 1. The van der Waals surface area contributed by atoms with Crippen LogP contribution in [-0.4, -0.2) is 17.8 Å². The Morgan fingerprint density at radius 3 is 2.76 bits per heavy atom. The molecule has 0 fully saturated rings. The Hall–Kier alpha value is -1.06. The standard InChI is InChI=1S/C17H16Cl2O2/c18-14-6-5-11(9-15(14)19)10-16(20)17-13-4-2-1-3-12(13)7-8-21-17/h1-6,9,16-17,20H,7-8,10H2. The van der Waals surface area contributed by atoms with Crippen molar-refractivity contribution in [3.63, 3.8) is 0 Å². The second-order valence-corrected chi connectivity index (χ2v) is 6.07. The predicted octanol–water partition coefficient (Wildman–Crippen LogP) is 4.21. The van der Waals surface area contributed by atoms with E-state index in [9.17, 15) is 5.11 Å². The van der Waals surface area contributed by atoms with E-state index in [-0.39, 0.29) is 6.10 Å². The van der Waals surface area contributed by atoms with Crippen molar-refractivity contribution >= 4 is 23.2 Å². The van der Waals surface area contributed by atoms with Gasteiger partial charge < -0.3 is 9.84 Å². The number of ether oxygens (including phenoxy) is 1. The molecule has 4 heteroatoms. The van der Waals surface area contributed by atoms with Crippen LogP contribution in [-0.2, 0) is 17.6 Å². The molecule has 2 unspecified atom stereocenters. The Bertz CT molecular complexity index is 642. The van der Waals surface area contributed by atoms with Gasteiger partial charge in [-0.15, -0.1) is 0 Å². The minimum atomic E-state index is -0.608. The Morgan fingerprint density at radius 2 is 1.95 bits per heavy atom. The lowest BCUT2D eigenvalue weighted by atomic mass is 9.92. The number of fused-ring (bicyclic) bond motifs is 1. The van der Waals surface area contributed by atoms with Gasteiger partial charge in [0.15, 0.2) is 0 Å². The first kappa shape index (κ1) is 14.9. The third-order valence-corrected chi connectivity index (χ3v) is 4.55. The Balaban J connectivity index is 1.80. The van der Waals surface area contributed by atoms with Crippen LogP contribution in [0.1, 0.15) is 22.8 Å². The van der Waals surface area contributed by atoms with Crippen molar-refractivity contribution in [1.29, 1.82) is 0 Å². The van der Waals surface area contributed by atoms with Crippen LogP contribution in [0.15, 0.2) is 42.5 Å². The van der Waals surface area contributed by atoms with Crippen LogP contribution in [0.3, 0.4) is 0 Å². The van der Waals surface area contributed by atoms with Gasteiger partial charge >= 0.3 is 0 Å². The molecule has 1 N–H and O–H groups in total. The molecule has 21 heavy (non-hydrogen) atoms. The fraction of sp³-hybridized carbons (Fsp3) is 0.294. The van der Waals surface area contributed by atoms with E-state index in [0.29, 0.717) is 23.1 Å². The molecule has 2 aromatic rings. The Kier molecular flexibility index (Phi) is 4.51. The zero-order valence-corrected chi connectivity index (χ0v) is 12.9. The molecule has 1 heterocycles. The average Bonchev–Trinajstić information content (AvgIpc) is 2.50. The molecule has 1 aliphatic rings. The molecular weight excluding hydrogens is 307 g/mol. The monoisotopic (exact) mass is 322 g/mol. The van der Waals surface area contributed by atoms with Crippen LogP contribution in [0, 0.1) is 0 Å². The topological polar surface area (TPSA) is 29.5 Å². The third kappa shape index (κ3) is 3.24. The molecule has 110 valence electrons. The van der Waals surface area contributed by atoms with Crippen LogP contribution >= 0.6 is 23.2 Å². The predicted molar refractivity (Wildman–Crippen MR) is 85.0 cm³/mol. The lowest BCUT2D eigenvalue weighted by molar-refractivity contribution is -0.0460. The molecule has 0 bridgehead atoms. The fourth-order valence-electron chi connectivity index (χ4n) is 2.76. The SMILES string of the molecule is OC(Cc1ccc(Cl)c(Cl)c1)C1OCCc2ccccc21.